The lowest BCUT2D eigenvalue weighted by Crippen LogP contribution is -2.00. The van der Waals surface area contributed by atoms with E-state index in [2.05, 4.69) is 208 Å². The molecule has 0 saturated carbocycles. The van der Waals surface area contributed by atoms with Gasteiger partial charge in [0.15, 0.2) is 0 Å². The van der Waals surface area contributed by atoms with Crippen molar-refractivity contribution in [3.63, 3.8) is 0 Å². The summed E-state index contributed by atoms with van der Waals surface area (Å²) in [6, 6.07) is 78.0. The third-order valence-electron chi connectivity index (χ3n) is 12.5. The lowest BCUT2D eigenvalue weighted by atomic mass is 9.99. The van der Waals surface area contributed by atoms with Gasteiger partial charge >= 0.3 is 0 Å². The first-order chi connectivity index (χ1) is 30.8. The van der Waals surface area contributed by atoms with Gasteiger partial charge in [0.1, 0.15) is 11.4 Å². The van der Waals surface area contributed by atoms with Gasteiger partial charge in [-0.05, 0) is 72.8 Å². The number of hydrogen-bond donors (Lipinski definition) is 0. The minimum absolute atomic E-state index is 0.840. The number of aromatic nitrogens is 6. The van der Waals surface area contributed by atoms with Crippen LogP contribution >= 0.6 is 0 Å². The van der Waals surface area contributed by atoms with Gasteiger partial charge in [-0.3, -0.25) is 0 Å². The minimum atomic E-state index is 0.840. The molecule has 0 aliphatic carbocycles. The van der Waals surface area contributed by atoms with Gasteiger partial charge in [0.2, 0.25) is 0 Å². The largest absolute Gasteiger partial charge is 0.309 e. The Bertz CT molecular complexity index is 3790. The van der Waals surface area contributed by atoms with Crippen molar-refractivity contribution in [3.8, 4) is 45.3 Å². The molecule has 0 aliphatic heterocycles. The summed E-state index contributed by atoms with van der Waals surface area (Å²) in [7, 11) is 0. The first kappa shape index (κ1) is 34.4. The van der Waals surface area contributed by atoms with Crippen molar-refractivity contribution in [2.45, 2.75) is 0 Å². The van der Waals surface area contributed by atoms with Crippen LogP contribution in [0.1, 0.15) is 0 Å². The molecule has 62 heavy (non-hydrogen) atoms. The highest BCUT2D eigenvalue weighted by atomic mass is 15.4. The topological polar surface area (TPSA) is 45.5 Å². The molecule has 4 aromatic heterocycles. The van der Waals surface area contributed by atoms with E-state index in [-0.39, 0.29) is 0 Å². The van der Waals surface area contributed by atoms with Crippen LogP contribution in [0.15, 0.2) is 218 Å². The fourth-order valence-corrected chi connectivity index (χ4v) is 9.96. The second-order valence-corrected chi connectivity index (χ2v) is 15.9. The highest BCUT2D eigenvalue weighted by Gasteiger charge is 2.25. The van der Waals surface area contributed by atoms with E-state index in [9.17, 15) is 0 Å². The highest BCUT2D eigenvalue weighted by molar-refractivity contribution is 6.26. The van der Waals surface area contributed by atoms with E-state index in [0.717, 1.165) is 78.1 Å². The summed E-state index contributed by atoms with van der Waals surface area (Å²) >= 11 is 0. The Balaban J connectivity index is 1.07. The molecule has 6 nitrogen and oxygen atoms in total. The van der Waals surface area contributed by atoms with Crippen LogP contribution in [0.4, 0.5) is 0 Å². The van der Waals surface area contributed by atoms with Gasteiger partial charge < -0.3 is 13.7 Å². The van der Waals surface area contributed by atoms with Crippen LogP contribution in [0.3, 0.4) is 0 Å². The number of nitrogens with zero attached hydrogens (tertiary/aromatic N) is 6. The first-order valence-corrected chi connectivity index (χ1v) is 21.0. The zero-order chi connectivity index (χ0) is 40.7. The van der Waals surface area contributed by atoms with Crippen LogP contribution in [0.25, 0.3) is 111 Å². The van der Waals surface area contributed by atoms with Gasteiger partial charge in [-0.25, -0.2) is 4.68 Å². The van der Waals surface area contributed by atoms with Crippen LogP contribution < -0.4 is 0 Å². The normalized spacial score (nSPS) is 11.9. The zero-order valence-electron chi connectivity index (χ0n) is 33.5. The van der Waals surface area contributed by atoms with Crippen molar-refractivity contribution in [3.05, 3.63) is 218 Å². The van der Waals surface area contributed by atoms with E-state index in [1.54, 1.807) is 0 Å². The minimum Gasteiger partial charge on any atom is -0.309 e. The van der Waals surface area contributed by atoms with Gasteiger partial charge in [0.05, 0.1) is 38.8 Å². The second kappa shape index (κ2) is 13.5. The van der Waals surface area contributed by atoms with Gasteiger partial charge in [0.25, 0.3) is 0 Å². The quantitative estimate of drug-likeness (QED) is 0.168. The molecule has 6 heteroatoms. The molecule has 0 saturated heterocycles. The van der Waals surface area contributed by atoms with E-state index >= 15 is 0 Å². The van der Waals surface area contributed by atoms with Gasteiger partial charge in [-0.15, -0.1) is 5.10 Å². The molecule has 13 rings (SSSR count). The molecule has 0 fully saturated rings. The van der Waals surface area contributed by atoms with Crippen molar-refractivity contribution in [2.24, 2.45) is 0 Å². The molecule has 0 atom stereocenters. The summed E-state index contributed by atoms with van der Waals surface area (Å²) in [5.74, 6) is 0. The third-order valence-corrected chi connectivity index (χ3v) is 12.5. The summed E-state index contributed by atoms with van der Waals surface area (Å²) < 4.78 is 9.28. The summed E-state index contributed by atoms with van der Waals surface area (Å²) in [4.78, 5) is 0. The van der Waals surface area contributed by atoms with E-state index < -0.39 is 0 Å². The van der Waals surface area contributed by atoms with Crippen molar-refractivity contribution in [2.75, 3.05) is 0 Å². The molecule has 0 bridgehead atoms. The Kier molecular flexibility index (Phi) is 7.50. The fraction of sp³-hybridized carbons (Fsp3) is 0. The third kappa shape index (κ3) is 4.98. The van der Waals surface area contributed by atoms with E-state index in [1.807, 2.05) is 28.9 Å². The standard InChI is InChI=1S/C56H36N6/c1-4-18-37(19-5-1)54-56(62(58-57-54)39-22-8-3-9-23-39)46-29-17-33-50-52(46)44-27-11-14-31-48(44)59(50)40-24-16-25-41(36-40)60-49-32-15-12-28-45(49)53-51(60)35-34-43-42-26-10-13-30-47(42)61(55(43)53)38-20-6-2-7-21-38/h1-36H. The lowest BCUT2D eigenvalue weighted by Gasteiger charge is -2.14. The summed E-state index contributed by atoms with van der Waals surface area (Å²) in [5, 5.41) is 16.9. The fourth-order valence-electron chi connectivity index (χ4n) is 9.96. The van der Waals surface area contributed by atoms with Crippen molar-refractivity contribution < 1.29 is 0 Å². The number of fused-ring (bicyclic) bond motifs is 10. The van der Waals surface area contributed by atoms with Crippen LogP contribution in [0.2, 0.25) is 0 Å². The van der Waals surface area contributed by atoms with E-state index in [4.69, 9.17) is 10.3 Å². The predicted octanol–water partition coefficient (Wildman–Crippen LogP) is 13.9. The zero-order valence-corrected chi connectivity index (χ0v) is 33.5. The van der Waals surface area contributed by atoms with Crippen molar-refractivity contribution >= 4 is 65.4 Å². The summed E-state index contributed by atoms with van der Waals surface area (Å²) in [5.41, 5.74) is 15.1. The summed E-state index contributed by atoms with van der Waals surface area (Å²) in [6.45, 7) is 0. The van der Waals surface area contributed by atoms with Crippen LogP contribution in [0.5, 0.6) is 0 Å². The monoisotopic (exact) mass is 792 g/mol. The molecule has 0 aliphatic rings. The molecule has 0 amide bonds. The Morgan fingerprint density at radius 3 is 1.50 bits per heavy atom. The van der Waals surface area contributed by atoms with Gasteiger partial charge in [0, 0.05) is 60.5 Å². The molecular weight excluding hydrogens is 757 g/mol. The highest BCUT2D eigenvalue weighted by Crippen LogP contribution is 2.44. The molecule has 9 aromatic carbocycles. The smallest absolute Gasteiger partial charge is 0.121 e. The number of rotatable bonds is 6. The molecule has 0 unspecified atom stereocenters. The Labute approximate surface area is 356 Å². The van der Waals surface area contributed by atoms with E-state index in [0.29, 0.717) is 0 Å². The molecular formula is C56H36N6. The van der Waals surface area contributed by atoms with Gasteiger partial charge in [-0.2, -0.15) is 0 Å². The first-order valence-electron chi connectivity index (χ1n) is 21.0. The molecule has 0 spiro atoms. The Morgan fingerprint density at radius 2 is 0.823 bits per heavy atom. The second-order valence-electron chi connectivity index (χ2n) is 15.9. The maximum Gasteiger partial charge on any atom is 0.121 e. The predicted molar refractivity (Wildman–Crippen MR) is 255 cm³/mol. The number of para-hydroxylation sites is 5. The molecule has 0 N–H and O–H groups in total. The SMILES string of the molecule is c1ccc(-c2nnn(-c3ccccc3)c2-c2cccc3c2c2ccccc2n3-c2cccc(-n3c4ccccc4c4c3ccc3c5ccccc5n(-c5ccccc5)c34)c2)cc1. The van der Waals surface area contributed by atoms with E-state index in [1.165, 1.54) is 32.6 Å². The Morgan fingerprint density at radius 1 is 0.323 bits per heavy atom. The molecule has 4 heterocycles. The number of hydrogen-bond acceptors (Lipinski definition) is 2. The van der Waals surface area contributed by atoms with Crippen LogP contribution in [-0.2, 0) is 0 Å². The molecule has 290 valence electrons. The van der Waals surface area contributed by atoms with Crippen LogP contribution in [-0.4, -0.2) is 28.7 Å². The van der Waals surface area contributed by atoms with Crippen molar-refractivity contribution in [1.82, 2.24) is 28.7 Å². The maximum atomic E-state index is 4.84. The molecule has 0 radical (unpaired) electrons. The lowest BCUT2D eigenvalue weighted by molar-refractivity contribution is 0.809. The average molecular weight is 793 g/mol. The van der Waals surface area contributed by atoms with Gasteiger partial charge in [-0.1, -0.05) is 151 Å². The van der Waals surface area contributed by atoms with Crippen LogP contribution in [0, 0.1) is 0 Å². The van der Waals surface area contributed by atoms with Crippen molar-refractivity contribution in [1.29, 1.82) is 0 Å². The Hall–Kier alpha value is -8.48. The number of benzene rings is 9. The maximum absolute atomic E-state index is 4.84. The summed E-state index contributed by atoms with van der Waals surface area (Å²) in [6.07, 6.45) is 0. The molecule has 13 aromatic rings. The average Bonchev–Trinajstić information content (AvgIpc) is 4.11.